The Hall–Kier alpha value is -3.60. The van der Waals surface area contributed by atoms with Crippen LogP contribution in [0.4, 0.5) is 11.5 Å². The van der Waals surface area contributed by atoms with E-state index in [1.807, 2.05) is 0 Å². The molecule has 0 amide bonds. The molecule has 1 saturated carbocycles. The number of fused-ring (bicyclic) bond motifs is 4. The molecule has 2 N–H and O–H groups in total. The highest BCUT2D eigenvalue weighted by atomic mass is 15.1. The summed E-state index contributed by atoms with van der Waals surface area (Å²) in [5.41, 5.74) is 5.29. The maximum Gasteiger partial charge on any atom is 0.155 e. The van der Waals surface area contributed by atoms with Gasteiger partial charge in [0.05, 0.1) is 11.0 Å². The van der Waals surface area contributed by atoms with Crippen LogP contribution in [0.2, 0.25) is 0 Å². The van der Waals surface area contributed by atoms with Crippen LogP contribution < -0.4 is 10.6 Å². The van der Waals surface area contributed by atoms with Crippen LogP contribution in [0.15, 0.2) is 60.7 Å². The first-order valence-electron chi connectivity index (χ1n) is 14.3. The Morgan fingerprint density at radius 3 is 2.55 bits per heavy atom. The van der Waals surface area contributed by atoms with Gasteiger partial charge in [0.1, 0.15) is 11.3 Å². The number of aryl methyl sites for hydroxylation is 1. The number of unbranched alkanes of at least 4 members (excludes halogenated alkanes) is 1. The molecule has 0 spiro atoms. The van der Waals surface area contributed by atoms with E-state index >= 15 is 0 Å². The zero-order valence-electron chi connectivity index (χ0n) is 23.1. The normalized spacial score (nSPS) is 14.0. The fourth-order valence-corrected chi connectivity index (χ4v) is 5.36. The van der Waals surface area contributed by atoms with Crippen LogP contribution in [-0.2, 0) is 6.42 Å². The molecule has 0 aliphatic heterocycles. The molecule has 1 aliphatic rings. The first-order chi connectivity index (χ1) is 18.4. The summed E-state index contributed by atoms with van der Waals surface area (Å²) in [6.45, 7) is 9.80. The van der Waals surface area contributed by atoms with Gasteiger partial charge >= 0.3 is 0 Å². The average Bonchev–Trinajstić information content (AvgIpc) is 3.63. The van der Waals surface area contributed by atoms with E-state index in [1.54, 1.807) is 0 Å². The van der Waals surface area contributed by atoms with Crippen LogP contribution in [0.5, 0.6) is 0 Å². The van der Waals surface area contributed by atoms with Crippen LogP contribution in [-0.4, -0.2) is 26.6 Å². The van der Waals surface area contributed by atoms with Crippen LogP contribution in [0.25, 0.3) is 38.4 Å². The Morgan fingerprint density at radius 2 is 1.76 bits per heavy atom. The predicted molar refractivity (Wildman–Crippen MR) is 162 cm³/mol. The number of nitrogens with zero attached hydrogens (tertiary/aromatic N) is 3. The summed E-state index contributed by atoms with van der Waals surface area (Å²) in [6.07, 6.45) is 7.22. The molecule has 5 aromatic rings. The van der Waals surface area contributed by atoms with E-state index < -0.39 is 0 Å². The average molecular weight is 506 g/mol. The molecule has 196 valence electrons. The Morgan fingerprint density at radius 1 is 0.947 bits per heavy atom. The second kappa shape index (κ2) is 9.94. The van der Waals surface area contributed by atoms with E-state index in [4.69, 9.17) is 9.97 Å². The summed E-state index contributed by atoms with van der Waals surface area (Å²) in [6, 6.07) is 22.0. The highest BCUT2D eigenvalue weighted by Crippen LogP contribution is 2.35. The lowest BCUT2D eigenvalue weighted by molar-refractivity contribution is 0.632. The second-order valence-electron chi connectivity index (χ2n) is 11.9. The molecule has 0 unspecified atom stereocenters. The van der Waals surface area contributed by atoms with Gasteiger partial charge in [0, 0.05) is 35.3 Å². The molecule has 0 radical (unpaired) electrons. The first kappa shape index (κ1) is 24.7. The maximum atomic E-state index is 5.25. The number of rotatable bonds is 9. The van der Waals surface area contributed by atoms with Gasteiger partial charge < -0.3 is 10.6 Å². The molecule has 2 aromatic heterocycles. The fraction of sp³-hybridized carbons (Fsp3) is 0.394. The van der Waals surface area contributed by atoms with E-state index in [1.165, 1.54) is 35.7 Å². The molecule has 2 heterocycles. The lowest BCUT2D eigenvalue weighted by Crippen LogP contribution is -2.26. The van der Waals surface area contributed by atoms with Crippen molar-refractivity contribution in [1.82, 2.24) is 14.5 Å². The van der Waals surface area contributed by atoms with Crippen LogP contribution >= 0.6 is 0 Å². The van der Waals surface area contributed by atoms with Gasteiger partial charge in [-0.2, -0.15) is 0 Å². The summed E-state index contributed by atoms with van der Waals surface area (Å²) in [7, 11) is 0. The van der Waals surface area contributed by atoms with E-state index in [-0.39, 0.29) is 5.54 Å². The molecule has 1 fully saturated rings. The third-order valence-electron chi connectivity index (χ3n) is 7.47. The van der Waals surface area contributed by atoms with Gasteiger partial charge in [-0.15, -0.1) is 0 Å². The van der Waals surface area contributed by atoms with Gasteiger partial charge in [-0.25, -0.2) is 9.97 Å². The summed E-state index contributed by atoms with van der Waals surface area (Å²) in [4.78, 5) is 10.3. The van der Waals surface area contributed by atoms with Crippen molar-refractivity contribution in [1.29, 1.82) is 0 Å². The van der Waals surface area contributed by atoms with Gasteiger partial charge in [-0.3, -0.25) is 4.57 Å². The number of nitrogens with one attached hydrogen (secondary N) is 2. The van der Waals surface area contributed by atoms with Gasteiger partial charge in [-0.1, -0.05) is 56.5 Å². The number of para-hydroxylation sites is 1. The van der Waals surface area contributed by atoms with E-state index in [0.29, 0.717) is 0 Å². The molecule has 3 aromatic carbocycles. The van der Waals surface area contributed by atoms with Crippen molar-refractivity contribution >= 4 is 44.2 Å². The molecule has 0 atom stereocenters. The van der Waals surface area contributed by atoms with Crippen molar-refractivity contribution in [3.8, 4) is 5.69 Å². The highest BCUT2D eigenvalue weighted by Gasteiger charge is 2.22. The van der Waals surface area contributed by atoms with E-state index in [9.17, 15) is 0 Å². The molecule has 0 bridgehead atoms. The van der Waals surface area contributed by atoms with Gasteiger partial charge in [0.25, 0.3) is 0 Å². The molecule has 5 nitrogen and oxygen atoms in total. The van der Waals surface area contributed by atoms with E-state index in [2.05, 4.69) is 104 Å². The van der Waals surface area contributed by atoms with Crippen molar-refractivity contribution in [2.24, 2.45) is 5.92 Å². The minimum atomic E-state index is -0.123. The van der Waals surface area contributed by atoms with Gasteiger partial charge in [-0.05, 0) is 80.6 Å². The number of hydrogen-bond acceptors (Lipinski definition) is 4. The number of aromatic nitrogens is 3. The highest BCUT2D eigenvalue weighted by molar-refractivity contribution is 6.08. The fourth-order valence-electron chi connectivity index (χ4n) is 5.36. The Bertz CT molecular complexity index is 1600. The molecular formula is C33H39N5. The Labute approximate surface area is 225 Å². The first-order valence-corrected chi connectivity index (χ1v) is 14.3. The zero-order valence-corrected chi connectivity index (χ0v) is 23.1. The van der Waals surface area contributed by atoms with Crippen molar-refractivity contribution in [2.75, 3.05) is 17.2 Å². The zero-order chi connectivity index (χ0) is 26.3. The topological polar surface area (TPSA) is 54.8 Å². The summed E-state index contributed by atoms with van der Waals surface area (Å²) >= 11 is 0. The summed E-state index contributed by atoms with van der Waals surface area (Å²) < 4.78 is 2.38. The number of pyridine rings is 1. The molecule has 1 aliphatic carbocycles. The minimum Gasteiger partial charge on any atom is -0.385 e. The number of benzene rings is 3. The molecule has 0 saturated heterocycles. The molecule has 38 heavy (non-hydrogen) atoms. The number of anilines is 2. The largest absolute Gasteiger partial charge is 0.385 e. The Kier molecular flexibility index (Phi) is 6.46. The van der Waals surface area contributed by atoms with E-state index in [0.717, 1.165) is 71.0 Å². The molecular weight excluding hydrogens is 466 g/mol. The van der Waals surface area contributed by atoms with Crippen molar-refractivity contribution in [3.05, 3.63) is 66.5 Å². The van der Waals surface area contributed by atoms with Crippen molar-refractivity contribution in [2.45, 2.75) is 71.8 Å². The third-order valence-corrected chi connectivity index (χ3v) is 7.47. The van der Waals surface area contributed by atoms with Crippen LogP contribution in [0.1, 0.15) is 65.6 Å². The predicted octanol–water partition coefficient (Wildman–Crippen LogP) is 8.49. The summed E-state index contributed by atoms with van der Waals surface area (Å²) in [5, 5.41) is 10.9. The minimum absolute atomic E-state index is 0.123. The smallest absolute Gasteiger partial charge is 0.155 e. The van der Waals surface area contributed by atoms with Crippen LogP contribution in [0.3, 0.4) is 0 Å². The summed E-state index contributed by atoms with van der Waals surface area (Å²) in [5.74, 6) is 2.88. The second-order valence-corrected chi connectivity index (χ2v) is 11.9. The standard InChI is InChI=1S/C33H39N5/c1-5-6-11-29-36-30-31(27-9-7-8-10-28(27)35-32(30)37-33(2,3)4)38(29)26-17-15-23-14-16-25(20-24(23)21-26)34-19-18-22-12-13-22/h7-10,14-17,20-22,34H,5-6,11-13,18-19H2,1-4H3,(H,35,37). The lowest BCUT2D eigenvalue weighted by Gasteiger charge is -2.22. The van der Waals surface area contributed by atoms with Crippen LogP contribution in [0, 0.1) is 5.92 Å². The Balaban J connectivity index is 1.52. The quantitative estimate of drug-likeness (QED) is 0.211. The SMILES string of the molecule is CCCCc1nc2c(NC(C)(C)C)nc3ccccc3c2n1-c1ccc2ccc(NCCC3CC3)cc2c1. The molecule has 6 rings (SSSR count). The molecule has 5 heteroatoms. The number of imidazole rings is 1. The van der Waals surface area contributed by atoms with Crippen molar-refractivity contribution < 1.29 is 0 Å². The third kappa shape index (κ3) is 5.07. The maximum absolute atomic E-state index is 5.25. The number of hydrogen-bond donors (Lipinski definition) is 2. The van der Waals surface area contributed by atoms with Crippen molar-refractivity contribution in [3.63, 3.8) is 0 Å². The lowest BCUT2D eigenvalue weighted by atomic mass is 10.1. The van der Waals surface area contributed by atoms with Gasteiger partial charge in [0.2, 0.25) is 0 Å². The van der Waals surface area contributed by atoms with Gasteiger partial charge in [0.15, 0.2) is 5.82 Å². The monoisotopic (exact) mass is 505 g/mol.